The van der Waals surface area contributed by atoms with Gasteiger partial charge in [0.05, 0.1) is 27.4 Å². The highest BCUT2D eigenvalue weighted by molar-refractivity contribution is 5.86. The lowest BCUT2D eigenvalue weighted by Gasteiger charge is -2.12. The van der Waals surface area contributed by atoms with Gasteiger partial charge in [0.15, 0.2) is 18.5 Å². The van der Waals surface area contributed by atoms with E-state index in [1.165, 1.54) is 14.2 Å². The van der Waals surface area contributed by atoms with Crippen molar-refractivity contribution >= 4 is 11.9 Å². The number of hydrogen-bond donors (Lipinski definition) is 0. The first-order chi connectivity index (χ1) is 17.9. The lowest BCUT2D eigenvalue weighted by molar-refractivity contribution is -0.160. The van der Waals surface area contributed by atoms with Crippen molar-refractivity contribution in [2.75, 3.05) is 34.0 Å². The maximum absolute atomic E-state index is 12.0. The second-order valence-electron chi connectivity index (χ2n) is 8.91. The van der Waals surface area contributed by atoms with Crippen LogP contribution in [0, 0.1) is 0 Å². The molecule has 0 aromatic heterocycles. The summed E-state index contributed by atoms with van der Waals surface area (Å²) in [5.41, 5.74) is 3.75. The van der Waals surface area contributed by atoms with E-state index in [1.54, 1.807) is 0 Å². The molecule has 37 heavy (non-hydrogen) atoms. The van der Waals surface area contributed by atoms with Crippen LogP contribution in [0.25, 0.3) is 11.1 Å². The van der Waals surface area contributed by atoms with Crippen LogP contribution in [0.4, 0.5) is 0 Å². The molecular weight excluding hydrogens is 476 g/mol. The number of benzene rings is 2. The Labute approximate surface area is 218 Å². The Balaban J connectivity index is 1.46. The van der Waals surface area contributed by atoms with Crippen LogP contribution in [0.1, 0.15) is 44.5 Å². The Bertz CT molecular complexity index is 991. The topological polar surface area (TPSA) is 89.5 Å². The van der Waals surface area contributed by atoms with Gasteiger partial charge < -0.3 is 28.4 Å². The highest BCUT2D eigenvalue weighted by Crippen LogP contribution is 2.34. The minimum Gasteiger partial charge on any atom is -0.494 e. The summed E-state index contributed by atoms with van der Waals surface area (Å²) >= 11 is 0. The molecule has 3 rings (SSSR count). The smallest absolute Gasteiger partial charge is 0.338 e. The van der Waals surface area contributed by atoms with E-state index in [9.17, 15) is 9.59 Å². The van der Waals surface area contributed by atoms with Crippen molar-refractivity contribution in [1.82, 2.24) is 0 Å². The van der Waals surface area contributed by atoms with Crippen LogP contribution in [-0.4, -0.2) is 58.2 Å². The molecule has 2 atom stereocenters. The third-order valence-corrected chi connectivity index (χ3v) is 5.85. The Morgan fingerprint density at radius 2 is 1.30 bits per heavy atom. The fourth-order valence-electron chi connectivity index (χ4n) is 3.86. The van der Waals surface area contributed by atoms with Gasteiger partial charge in [-0.1, -0.05) is 55.0 Å². The normalized spacial score (nSPS) is 17.4. The molecule has 0 radical (unpaired) electrons. The molecule has 2 aromatic rings. The van der Waals surface area contributed by atoms with Gasteiger partial charge >= 0.3 is 11.9 Å². The van der Waals surface area contributed by atoms with Crippen molar-refractivity contribution < 1.29 is 38.0 Å². The fraction of sp³-hybridized carbons (Fsp3) is 0.448. The minimum absolute atomic E-state index is 0.640. The first kappa shape index (κ1) is 28.4. The monoisotopic (exact) mass is 512 g/mol. The van der Waals surface area contributed by atoms with E-state index in [2.05, 4.69) is 6.58 Å². The van der Waals surface area contributed by atoms with Crippen LogP contribution in [0.3, 0.4) is 0 Å². The number of esters is 2. The zero-order valence-electron chi connectivity index (χ0n) is 21.8. The SMILES string of the molecule is C=C(C)COCCCCCCOc1ccc(-c2ccc(C3O[C@@H](C(=O)OC)[C@H](C(=O)OC)O3)cc2)cc1. The third kappa shape index (κ3) is 8.42. The van der Waals surface area contributed by atoms with Crippen molar-refractivity contribution in [3.05, 3.63) is 66.2 Å². The average molecular weight is 513 g/mol. The molecule has 1 saturated heterocycles. The lowest BCUT2D eigenvalue weighted by Crippen LogP contribution is -2.38. The Hall–Kier alpha value is -3.20. The molecule has 0 spiro atoms. The molecule has 2 aromatic carbocycles. The second kappa shape index (κ2) is 14.5. The summed E-state index contributed by atoms with van der Waals surface area (Å²) in [4.78, 5) is 24.0. The summed E-state index contributed by atoms with van der Waals surface area (Å²) in [6.45, 7) is 7.89. The maximum Gasteiger partial charge on any atom is 0.338 e. The summed E-state index contributed by atoms with van der Waals surface area (Å²) in [5.74, 6) is -0.554. The van der Waals surface area contributed by atoms with Crippen LogP contribution in [0.15, 0.2) is 60.7 Å². The molecule has 0 bridgehead atoms. The molecule has 0 amide bonds. The summed E-state index contributed by atoms with van der Waals surface area (Å²) in [5, 5.41) is 0. The van der Waals surface area contributed by atoms with Gasteiger partial charge in [0.25, 0.3) is 0 Å². The largest absolute Gasteiger partial charge is 0.494 e. The van der Waals surface area contributed by atoms with E-state index >= 15 is 0 Å². The highest BCUT2D eigenvalue weighted by atomic mass is 16.8. The van der Waals surface area contributed by atoms with Gasteiger partial charge in [-0.15, -0.1) is 0 Å². The van der Waals surface area contributed by atoms with Gasteiger partial charge in [-0.25, -0.2) is 9.59 Å². The summed E-state index contributed by atoms with van der Waals surface area (Å²) < 4.78 is 32.1. The van der Waals surface area contributed by atoms with E-state index in [1.807, 2.05) is 55.5 Å². The highest BCUT2D eigenvalue weighted by Gasteiger charge is 2.47. The van der Waals surface area contributed by atoms with Gasteiger partial charge in [0.1, 0.15) is 5.75 Å². The van der Waals surface area contributed by atoms with Crippen molar-refractivity contribution in [2.24, 2.45) is 0 Å². The molecule has 0 aliphatic carbocycles. The zero-order valence-corrected chi connectivity index (χ0v) is 21.8. The van der Waals surface area contributed by atoms with E-state index in [0.29, 0.717) is 18.8 Å². The summed E-state index contributed by atoms with van der Waals surface area (Å²) in [6.07, 6.45) is 1.03. The number of carbonyl (C=O) groups is 2. The Morgan fingerprint density at radius 1 is 0.784 bits per heavy atom. The molecule has 1 aliphatic rings. The molecule has 200 valence electrons. The maximum atomic E-state index is 12.0. The molecule has 1 fully saturated rings. The van der Waals surface area contributed by atoms with Crippen molar-refractivity contribution in [1.29, 1.82) is 0 Å². The van der Waals surface area contributed by atoms with Crippen molar-refractivity contribution in [3.8, 4) is 16.9 Å². The van der Waals surface area contributed by atoms with Gasteiger partial charge in [0.2, 0.25) is 0 Å². The molecule has 0 N–H and O–H groups in total. The van der Waals surface area contributed by atoms with Crippen LogP contribution < -0.4 is 4.74 Å². The lowest BCUT2D eigenvalue weighted by atomic mass is 10.0. The standard InChI is InChI=1S/C29H36O8/c1-20(2)19-34-17-7-5-6-8-18-35-24-15-13-22(14-16-24)21-9-11-23(12-10-21)29-36-25(27(30)32-3)26(37-29)28(31)33-4/h9-16,25-26,29H,1,5-8,17-19H2,2-4H3/t25-,26-/m1/s1. The number of methoxy groups -OCH3 is 2. The predicted octanol–water partition coefficient (Wildman–Crippen LogP) is 5.01. The molecule has 8 heteroatoms. The molecule has 0 unspecified atom stereocenters. The van der Waals surface area contributed by atoms with Crippen LogP contribution in [0.5, 0.6) is 5.75 Å². The first-order valence-electron chi connectivity index (χ1n) is 12.4. The minimum atomic E-state index is -1.18. The molecular formula is C29H36O8. The fourth-order valence-corrected chi connectivity index (χ4v) is 3.86. The molecule has 1 heterocycles. The Kier molecular flexibility index (Phi) is 11.1. The molecule has 1 aliphatic heterocycles. The predicted molar refractivity (Wildman–Crippen MR) is 138 cm³/mol. The van der Waals surface area contributed by atoms with Gasteiger partial charge in [-0.2, -0.15) is 0 Å². The number of rotatable bonds is 14. The van der Waals surface area contributed by atoms with Crippen LogP contribution >= 0.6 is 0 Å². The zero-order chi connectivity index (χ0) is 26.6. The van der Waals surface area contributed by atoms with Crippen molar-refractivity contribution in [3.63, 3.8) is 0 Å². The quantitative estimate of drug-likeness (QED) is 0.198. The van der Waals surface area contributed by atoms with Gasteiger partial charge in [0, 0.05) is 12.2 Å². The number of ether oxygens (including phenoxy) is 6. The van der Waals surface area contributed by atoms with Crippen LogP contribution in [-0.2, 0) is 33.3 Å². The third-order valence-electron chi connectivity index (χ3n) is 5.85. The number of carbonyl (C=O) groups excluding carboxylic acids is 2. The summed E-state index contributed by atoms with van der Waals surface area (Å²) in [7, 11) is 2.45. The van der Waals surface area contributed by atoms with E-state index in [4.69, 9.17) is 28.4 Å². The van der Waals surface area contributed by atoms with E-state index in [-0.39, 0.29) is 0 Å². The average Bonchev–Trinajstić information content (AvgIpc) is 3.37. The molecule has 0 saturated carbocycles. The van der Waals surface area contributed by atoms with E-state index < -0.39 is 30.4 Å². The van der Waals surface area contributed by atoms with Crippen molar-refractivity contribution in [2.45, 2.75) is 51.1 Å². The van der Waals surface area contributed by atoms with Gasteiger partial charge in [-0.3, -0.25) is 0 Å². The number of hydrogen-bond acceptors (Lipinski definition) is 8. The second-order valence-corrected chi connectivity index (χ2v) is 8.91. The summed E-state index contributed by atoms with van der Waals surface area (Å²) in [6, 6.07) is 15.5. The first-order valence-corrected chi connectivity index (χ1v) is 12.4. The van der Waals surface area contributed by atoms with E-state index in [0.717, 1.165) is 54.7 Å². The number of unbranched alkanes of at least 4 members (excludes halogenated alkanes) is 3. The Morgan fingerprint density at radius 3 is 1.81 bits per heavy atom. The van der Waals surface area contributed by atoms with Crippen LogP contribution in [0.2, 0.25) is 0 Å². The van der Waals surface area contributed by atoms with Gasteiger partial charge in [-0.05, 0) is 49.4 Å². The molecule has 8 nitrogen and oxygen atoms in total.